The topological polar surface area (TPSA) is 46.2 Å². The molecule has 0 fully saturated rings. The average Bonchev–Trinajstić information content (AvgIpc) is 2.04. The Hall–Kier alpha value is -0.640. The molecule has 1 aromatic rings. The summed E-state index contributed by atoms with van der Waals surface area (Å²) in [7, 11) is 0. The van der Waals surface area contributed by atoms with E-state index in [0.717, 1.165) is 11.1 Å². The summed E-state index contributed by atoms with van der Waals surface area (Å²) in [6.07, 6.45) is 0.506. The van der Waals surface area contributed by atoms with Gasteiger partial charge >= 0.3 is 0 Å². The third-order valence-corrected chi connectivity index (χ3v) is 2.07. The second kappa shape index (κ2) is 5.96. The van der Waals surface area contributed by atoms with Gasteiger partial charge in [0.1, 0.15) is 5.82 Å². The van der Waals surface area contributed by atoms with Crippen LogP contribution in [0.3, 0.4) is 0 Å². The van der Waals surface area contributed by atoms with E-state index in [2.05, 4.69) is 0 Å². The van der Waals surface area contributed by atoms with Gasteiger partial charge in [-0.3, -0.25) is 0 Å². The first kappa shape index (κ1) is 13.4. The Labute approximate surface area is 89.3 Å². The van der Waals surface area contributed by atoms with Crippen molar-refractivity contribution in [2.45, 2.75) is 19.4 Å². The van der Waals surface area contributed by atoms with Gasteiger partial charge in [-0.15, -0.1) is 12.4 Å². The van der Waals surface area contributed by atoms with Crippen molar-refractivity contribution in [2.24, 2.45) is 5.73 Å². The van der Waals surface area contributed by atoms with E-state index in [1.165, 1.54) is 12.1 Å². The molecule has 1 aromatic carbocycles. The van der Waals surface area contributed by atoms with E-state index in [9.17, 15) is 4.39 Å². The molecule has 0 saturated heterocycles. The molecule has 0 saturated carbocycles. The first-order valence-corrected chi connectivity index (χ1v) is 4.27. The number of aliphatic hydroxyl groups excluding tert-OH is 1. The molecular formula is C10H15ClFNO. The van der Waals surface area contributed by atoms with Crippen molar-refractivity contribution in [3.63, 3.8) is 0 Å². The number of aliphatic hydroxyl groups is 1. The fourth-order valence-electron chi connectivity index (χ4n) is 1.35. The number of nitrogens with two attached hydrogens (primary N) is 1. The van der Waals surface area contributed by atoms with Gasteiger partial charge in [0, 0.05) is 12.6 Å². The van der Waals surface area contributed by atoms with Gasteiger partial charge in [-0.1, -0.05) is 6.07 Å². The lowest BCUT2D eigenvalue weighted by molar-refractivity contribution is 0.276. The fraction of sp³-hybridized carbons (Fsp3) is 0.400. The highest BCUT2D eigenvalue weighted by atomic mass is 35.5. The third kappa shape index (κ3) is 3.25. The van der Waals surface area contributed by atoms with E-state index in [4.69, 9.17) is 10.8 Å². The molecule has 0 heterocycles. The van der Waals surface area contributed by atoms with Crippen LogP contribution >= 0.6 is 12.4 Å². The van der Waals surface area contributed by atoms with E-state index in [0.29, 0.717) is 6.42 Å². The Morgan fingerprint density at radius 2 is 2.14 bits per heavy atom. The molecule has 3 N–H and O–H groups in total. The summed E-state index contributed by atoms with van der Waals surface area (Å²) in [5.74, 6) is -0.252. The van der Waals surface area contributed by atoms with Crippen LogP contribution < -0.4 is 5.73 Å². The number of halogens is 2. The van der Waals surface area contributed by atoms with Crippen molar-refractivity contribution in [3.8, 4) is 0 Å². The largest absolute Gasteiger partial charge is 0.396 e. The predicted molar refractivity (Wildman–Crippen MR) is 57.0 cm³/mol. The molecule has 0 aliphatic rings. The molecule has 0 amide bonds. The third-order valence-electron chi connectivity index (χ3n) is 2.07. The van der Waals surface area contributed by atoms with E-state index in [1.807, 2.05) is 6.92 Å². The van der Waals surface area contributed by atoms with Crippen molar-refractivity contribution < 1.29 is 9.50 Å². The van der Waals surface area contributed by atoms with Crippen molar-refractivity contribution in [3.05, 3.63) is 35.1 Å². The van der Waals surface area contributed by atoms with Crippen LogP contribution in [-0.4, -0.2) is 11.7 Å². The molecule has 0 aliphatic heterocycles. The Kier molecular flexibility index (Phi) is 5.69. The van der Waals surface area contributed by atoms with Gasteiger partial charge in [0.2, 0.25) is 0 Å². The average molecular weight is 220 g/mol. The smallest absolute Gasteiger partial charge is 0.123 e. The molecule has 4 heteroatoms. The van der Waals surface area contributed by atoms with Crippen LogP contribution in [0.15, 0.2) is 18.2 Å². The van der Waals surface area contributed by atoms with Crippen LogP contribution in [0.5, 0.6) is 0 Å². The zero-order valence-electron chi connectivity index (χ0n) is 8.03. The van der Waals surface area contributed by atoms with Gasteiger partial charge in [-0.2, -0.15) is 0 Å². The first-order valence-electron chi connectivity index (χ1n) is 4.27. The van der Waals surface area contributed by atoms with Gasteiger partial charge in [-0.05, 0) is 36.6 Å². The minimum absolute atomic E-state index is 0. The van der Waals surface area contributed by atoms with Gasteiger partial charge in [0.15, 0.2) is 0 Å². The summed E-state index contributed by atoms with van der Waals surface area (Å²) in [6, 6.07) is 4.31. The zero-order valence-corrected chi connectivity index (χ0v) is 8.85. The van der Waals surface area contributed by atoms with Crippen LogP contribution in [0, 0.1) is 12.7 Å². The minimum atomic E-state index is -0.252. The summed E-state index contributed by atoms with van der Waals surface area (Å²) in [6.45, 7) is 1.87. The lowest BCUT2D eigenvalue weighted by Crippen LogP contribution is -2.13. The maximum atomic E-state index is 12.7. The predicted octanol–water partition coefficient (Wildman–Crippen LogP) is 1.94. The molecule has 2 nitrogen and oxygen atoms in total. The summed E-state index contributed by atoms with van der Waals surface area (Å²) in [4.78, 5) is 0. The van der Waals surface area contributed by atoms with Crippen LogP contribution in [-0.2, 0) is 0 Å². The SMILES string of the molecule is Cc1cc(F)ccc1C(N)CCO.Cl. The minimum Gasteiger partial charge on any atom is -0.396 e. The Bertz CT molecular complexity index is 293. The highest BCUT2D eigenvalue weighted by molar-refractivity contribution is 5.85. The lowest BCUT2D eigenvalue weighted by Gasteiger charge is -2.13. The molecule has 1 unspecified atom stereocenters. The van der Waals surface area contributed by atoms with Gasteiger partial charge in [0.25, 0.3) is 0 Å². The van der Waals surface area contributed by atoms with Crippen LogP contribution in [0.4, 0.5) is 4.39 Å². The number of benzene rings is 1. The second-order valence-corrected chi connectivity index (χ2v) is 3.12. The molecule has 1 atom stereocenters. The molecule has 1 rings (SSSR count). The molecule has 0 bridgehead atoms. The molecule has 0 aromatic heterocycles. The van der Waals surface area contributed by atoms with Gasteiger partial charge < -0.3 is 10.8 Å². The normalized spacial score (nSPS) is 12.0. The number of aryl methyl sites for hydroxylation is 1. The van der Waals surface area contributed by atoms with E-state index in [1.54, 1.807) is 6.07 Å². The molecule has 0 radical (unpaired) electrons. The molecule has 14 heavy (non-hydrogen) atoms. The zero-order chi connectivity index (χ0) is 9.84. The summed E-state index contributed by atoms with van der Waals surface area (Å²) in [5, 5.41) is 8.69. The Balaban J connectivity index is 0.00000169. The lowest BCUT2D eigenvalue weighted by atomic mass is 10.00. The maximum absolute atomic E-state index is 12.7. The summed E-state index contributed by atoms with van der Waals surface area (Å²) >= 11 is 0. The maximum Gasteiger partial charge on any atom is 0.123 e. The van der Waals surface area contributed by atoms with E-state index >= 15 is 0 Å². The number of hydrogen-bond donors (Lipinski definition) is 2. The number of hydrogen-bond acceptors (Lipinski definition) is 2. The van der Waals surface area contributed by atoms with Crippen molar-refractivity contribution in [1.82, 2.24) is 0 Å². The van der Waals surface area contributed by atoms with Gasteiger partial charge in [0.05, 0.1) is 0 Å². The van der Waals surface area contributed by atoms with Crippen molar-refractivity contribution >= 4 is 12.4 Å². The highest BCUT2D eigenvalue weighted by Gasteiger charge is 2.08. The Morgan fingerprint density at radius 3 is 2.64 bits per heavy atom. The molecule has 0 aliphatic carbocycles. The molecular weight excluding hydrogens is 205 g/mol. The molecule has 0 spiro atoms. The number of rotatable bonds is 3. The van der Waals surface area contributed by atoms with Crippen molar-refractivity contribution in [2.75, 3.05) is 6.61 Å². The monoisotopic (exact) mass is 219 g/mol. The summed E-state index contributed by atoms with van der Waals surface area (Å²) < 4.78 is 12.7. The highest BCUT2D eigenvalue weighted by Crippen LogP contribution is 2.18. The quantitative estimate of drug-likeness (QED) is 0.816. The van der Waals surface area contributed by atoms with Crippen LogP contribution in [0.1, 0.15) is 23.6 Å². The standard InChI is InChI=1S/C10H14FNO.ClH/c1-7-6-8(11)2-3-9(7)10(12)4-5-13;/h2-3,6,10,13H,4-5,12H2,1H3;1H. The first-order chi connectivity index (χ1) is 6.15. The van der Waals surface area contributed by atoms with Gasteiger partial charge in [-0.25, -0.2) is 4.39 Å². The van der Waals surface area contributed by atoms with Crippen LogP contribution in [0.2, 0.25) is 0 Å². The van der Waals surface area contributed by atoms with Crippen molar-refractivity contribution in [1.29, 1.82) is 0 Å². The fourth-order valence-corrected chi connectivity index (χ4v) is 1.35. The van der Waals surface area contributed by atoms with E-state index < -0.39 is 0 Å². The summed E-state index contributed by atoms with van der Waals surface area (Å²) in [5.41, 5.74) is 7.51. The second-order valence-electron chi connectivity index (χ2n) is 3.12. The Morgan fingerprint density at radius 1 is 1.50 bits per heavy atom. The van der Waals surface area contributed by atoms with Crippen LogP contribution in [0.25, 0.3) is 0 Å². The molecule has 80 valence electrons. The van der Waals surface area contributed by atoms with E-state index in [-0.39, 0.29) is 30.9 Å².